The zero-order valence-corrected chi connectivity index (χ0v) is 26.7. The van der Waals surface area contributed by atoms with E-state index in [9.17, 15) is 28.4 Å². The van der Waals surface area contributed by atoms with Gasteiger partial charge in [0.1, 0.15) is 23.7 Å². The Balaban J connectivity index is 1.19. The molecule has 0 unspecified atom stereocenters. The van der Waals surface area contributed by atoms with E-state index < -0.39 is 41.4 Å². The lowest BCUT2D eigenvalue weighted by Crippen LogP contribution is -2.22. The molecular weight excluding hydrogens is 623 g/mol. The Kier molecular flexibility index (Phi) is 13.2. The van der Waals surface area contributed by atoms with Gasteiger partial charge >= 0.3 is 29.8 Å². The Hall–Kier alpha value is -5.06. The van der Waals surface area contributed by atoms with Crippen LogP contribution in [0.2, 0.25) is 0 Å². The summed E-state index contributed by atoms with van der Waals surface area (Å²) < 4.78 is 40.8. The number of carbonyl (C=O) groups is 5. The Morgan fingerprint density at radius 1 is 0.667 bits per heavy atom. The maximum atomic E-state index is 14.6. The molecule has 0 N–H and O–H groups in total. The molecule has 0 amide bonds. The predicted molar refractivity (Wildman–Crippen MR) is 172 cm³/mol. The van der Waals surface area contributed by atoms with Crippen molar-refractivity contribution in [1.82, 2.24) is 0 Å². The van der Waals surface area contributed by atoms with Crippen LogP contribution in [0.5, 0.6) is 17.2 Å². The van der Waals surface area contributed by atoms with Crippen LogP contribution in [0.3, 0.4) is 0 Å². The number of ether oxygens (including phenoxy) is 5. The van der Waals surface area contributed by atoms with Crippen LogP contribution < -0.4 is 14.2 Å². The fourth-order valence-corrected chi connectivity index (χ4v) is 5.25. The lowest BCUT2D eigenvalue weighted by Gasteiger charge is -2.21. The summed E-state index contributed by atoms with van der Waals surface area (Å²) in [7, 11) is 0. The van der Waals surface area contributed by atoms with Gasteiger partial charge in [0, 0.05) is 23.3 Å². The molecule has 10 nitrogen and oxygen atoms in total. The van der Waals surface area contributed by atoms with E-state index in [0.29, 0.717) is 5.56 Å². The first-order chi connectivity index (χ1) is 23.0. The van der Waals surface area contributed by atoms with Crippen LogP contribution >= 0.6 is 0 Å². The molecule has 48 heavy (non-hydrogen) atoms. The Morgan fingerprint density at radius 3 is 1.65 bits per heavy atom. The summed E-state index contributed by atoms with van der Waals surface area (Å²) in [6, 6.07) is 9.34. The highest BCUT2D eigenvalue weighted by Gasteiger charge is 2.22. The minimum atomic E-state index is -0.959. The monoisotopic (exact) mass is 662 g/mol. The summed E-state index contributed by atoms with van der Waals surface area (Å²) in [6.07, 6.45) is 11.1. The van der Waals surface area contributed by atoms with Crippen molar-refractivity contribution in [3.63, 3.8) is 0 Å². The van der Waals surface area contributed by atoms with Gasteiger partial charge in [-0.3, -0.25) is 9.59 Å². The molecule has 0 atom stereocenters. The van der Waals surface area contributed by atoms with Crippen LogP contribution in [-0.4, -0.2) is 42.1 Å². The van der Waals surface area contributed by atoms with Gasteiger partial charge < -0.3 is 23.7 Å². The molecular formula is C37H39FO10. The molecule has 11 heteroatoms. The highest BCUT2D eigenvalue weighted by molar-refractivity contribution is 5.95. The molecule has 0 radical (unpaired) electrons. The second-order valence-electron chi connectivity index (χ2n) is 11.8. The third-order valence-electron chi connectivity index (χ3n) is 7.82. The molecule has 2 aliphatic carbocycles. The first-order valence-electron chi connectivity index (χ1n) is 16.0. The fourth-order valence-electron chi connectivity index (χ4n) is 5.25. The molecule has 2 aromatic rings. The van der Waals surface area contributed by atoms with Crippen LogP contribution in [0, 0.1) is 5.82 Å². The van der Waals surface area contributed by atoms with E-state index >= 15 is 0 Å². The average Bonchev–Trinajstić information content (AvgIpc) is 3.06. The maximum absolute atomic E-state index is 14.6. The molecule has 0 saturated heterocycles. The molecule has 254 valence electrons. The third kappa shape index (κ3) is 11.6. The normalized spacial score (nSPS) is 15.3. The zero-order valence-electron chi connectivity index (χ0n) is 26.7. The van der Waals surface area contributed by atoms with Crippen LogP contribution in [0.1, 0.15) is 82.6 Å². The molecule has 2 saturated carbocycles. The smallest absolute Gasteiger partial charge is 0.339 e. The second-order valence-corrected chi connectivity index (χ2v) is 11.8. The van der Waals surface area contributed by atoms with E-state index in [2.05, 4.69) is 13.2 Å². The van der Waals surface area contributed by atoms with Crippen molar-refractivity contribution in [2.75, 3.05) is 0 Å². The fraction of sp³-hybridized carbons (Fsp3) is 0.378. The van der Waals surface area contributed by atoms with E-state index in [-0.39, 0.29) is 47.7 Å². The molecule has 0 bridgehead atoms. The predicted octanol–water partition coefficient (Wildman–Crippen LogP) is 6.90. The number of carbonyl (C=O) groups excluding carboxylic acids is 5. The molecule has 2 aliphatic rings. The number of hydrogen-bond donors (Lipinski definition) is 0. The minimum Gasteiger partial charge on any atom is -0.462 e. The van der Waals surface area contributed by atoms with Crippen LogP contribution in [-0.2, 0) is 33.4 Å². The van der Waals surface area contributed by atoms with Crippen molar-refractivity contribution >= 4 is 35.9 Å². The van der Waals surface area contributed by atoms with Gasteiger partial charge in [0.25, 0.3) is 0 Å². The van der Waals surface area contributed by atoms with Gasteiger partial charge in [0.2, 0.25) is 0 Å². The van der Waals surface area contributed by atoms with Crippen molar-refractivity contribution < 1.29 is 52.0 Å². The van der Waals surface area contributed by atoms with Crippen molar-refractivity contribution in [2.45, 2.75) is 89.3 Å². The van der Waals surface area contributed by atoms with Gasteiger partial charge in [0.05, 0.1) is 12.8 Å². The standard InChI is InChI=1S/C37H39FO10/c1-24(21-34(40)44-27-9-5-3-6-10-27)36(42)46-29-16-13-26(14-17-29)15-20-33(39)48-32-19-18-30(23-31(32)38)47-37(43)25(2)22-35(41)45-28-11-7-4-8-12-28/h13-20,23,27-28H,1-12,21-22H2/b20-15+. The summed E-state index contributed by atoms with van der Waals surface area (Å²) >= 11 is 0. The summed E-state index contributed by atoms with van der Waals surface area (Å²) in [5.41, 5.74) is 0.380. The number of hydrogen-bond acceptors (Lipinski definition) is 10. The molecule has 2 fully saturated rings. The first-order valence-corrected chi connectivity index (χ1v) is 16.0. The molecule has 0 spiro atoms. The molecule has 0 heterocycles. The molecule has 2 aromatic carbocycles. The Bertz CT molecular complexity index is 1550. The number of benzene rings is 2. The van der Waals surface area contributed by atoms with Gasteiger partial charge in [-0.1, -0.05) is 38.1 Å². The van der Waals surface area contributed by atoms with Gasteiger partial charge in [-0.25, -0.2) is 18.8 Å². The Labute approximate surface area is 278 Å². The van der Waals surface area contributed by atoms with Gasteiger partial charge in [-0.15, -0.1) is 0 Å². The third-order valence-corrected chi connectivity index (χ3v) is 7.82. The second kappa shape index (κ2) is 17.7. The zero-order chi connectivity index (χ0) is 34.5. The summed E-state index contributed by atoms with van der Waals surface area (Å²) in [5, 5.41) is 0. The van der Waals surface area contributed by atoms with Gasteiger partial charge in [0.15, 0.2) is 11.6 Å². The van der Waals surface area contributed by atoms with E-state index in [0.717, 1.165) is 82.4 Å². The number of esters is 5. The van der Waals surface area contributed by atoms with Crippen molar-refractivity contribution in [3.05, 3.63) is 84.2 Å². The van der Waals surface area contributed by atoms with E-state index in [4.69, 9.17) is 23.7 Å². The van der Waals surface area contributed by atoms with E-state index in [1.165, 1.54) is 24.3 Å². The highest BCUT2D eigenvalue weighted by Crippen LogP contribution is 2.25. The SMILES string of the molecule is C=C(CC(=O)OC1CCCCC1)C(=O)Oc1ccc(/C=C/C(=O)Oc2ccc(OC(=O)C(=C)CC(=O)OC3CCCCC3)cc2F)cc1. The van der Waals surface area contributed by atoms with Gasteiger partial charge in [-0.2, -0.15) is 0 Å². The summed E-state index contributed by atoms with van der Waals surface area (Å²) in [4.78, 5) is 61.3. The quantitative estimate of drug-likeness (QED) is 0.127. The van der Waals surface area contributed by atoms with Crippen molar-refractivity contribution in [1.29, 1.82) is 0 Å². The van der Waals surface area contributed by atoms with E-state index in [1.807, 2.05) is 0 Å². The van der Waals surface area contributed by atoms with Crippen molar-refractivity contribution in [2.24, 2.45) is 0 Å². The topological polar surface area (TPSA) is 132 Å². The number of halogens is 1. The van der Waals surface area contributed by atoms with Crippen LogP contribution in [0.4, 0.5) is 4.39 Å². The van der Waals surface area contributed by atoms with Crippen LogP contribution in [0.15, 0.2) is 72.8 Å². The van der Waals surface area contributed by atoms with Crippen LogP contribution in [0.25, 0.3) is 6.08 Å². The molecule has 4 rings (SSSR count). The minimum absolute atomic E-state index is 0.0296. The lowest BCUT2D eigenvalue weighted by molar-refractivity contribution is -0.151. The average molecular weight is 663 g/mol. The molecule has 0 aromatic heterocycles. The maximum Gasteiger partial charge on any atom is 0.339 e. The number of rotatable bonds is 13. The first kappa shape index (κ1) is 35.8. The summed E-state index contributed by atoms with van der Waals surface area (Å²) in [5.74, 6) is -4.96. The molecule has 0 aliphatic heterocycles. The lowest BCUT2D eigenvalue weighted by atomic mass is 9.98. The van der Waals surface area contributed by atoms with Gasteiger partial charge in [-0.05, 0) is 87.3 Å². The highest BCUT2D eigenvalue weighted by atomic mass is 19.1. The van der Waals surface area contributed by atoms with E-state index in [1.54, 1.807) is 12.1 Å². The summed E-state index contributed by atoms with van der Waals surface area (Å²) in [6.45, 7) is 7.21. The largest absolute Gasteiger partial charge is 0.462 e. The van der Waals surface area contributed by atoms with Crippen molar-refractivity contribution in [3.8, 4) is 17.2 Å². The Morgan fingerprint density at radius 2 is 1.15 bits per heavy atom.